The van der Waals surface area contributed by atoms with E-state index in [0.29, 0.717) is 17.1 Å². The zero-order chi connectivity index (χ0) is 21.8. The second-order valence-electron chi connectivity index (χ2n) is 6.83. The number of rotatable bonds is 6. The van der Waals surface area contributed by atoms with Gasteiger partial charge in [-0.05, 0) is 55.5 Å². The van der Waals surface area contributed by atoms with E-state index in [1.165, 1.54) is 6.92 Å². The van der Waals surface area contributed by atoms with E-state index in [-0.39, 0.29) is 11.6 Å². The highest BCUT2D eigenvalue weighted by Crippen LogP contribution is 2.24. The molecular formula is C24H20N4O3. The lowest BCUT2D eigenvalue weighted by Crippen LogP contribution is -2.14. The minimum absolute atomic E-state index is 0.0166. The van der Waals surface area contributed by atoms with Crippen LogP contribution in [0, 0.1) is 0 Å². The van der Waals surface area contributed by atoms with Crippen LogP contribution >= 0.6 is 0 Å². The van der Waals surface area contributed by atoms with Crippen LogP contribution in [-0.4, -0.2) is 33.6 Å². The van der Waals surface area contributed by atoms with Gasteiger partial charge < -0.3 is 10.1 Å². The summed E-state index contributed by atoms with van der Waals surface area (Å²) in [5.74, 6) is 0.715. The molecule has 4 aromatic rings. The number of ether oxygens (including phenoxy) is 1. The number of hydrogen-bond donors (Lipinski definition) is 1. The highest BCUT2D eigenvalue weighted by molar-refractivity contribution is 6.03. The highest BCUT2D eigenvalue weighted by atomic mass is 16.5. The van der Waals surface area contributed by atoms with Crippen LogP contribution in [0.25, 0.3) is 17.1 Å². The second-order valence-corrected chi connectivity index (χ2v) is 6.83. The predicted molar refractivity (Wildman–Crippen MR) is 118 cm³/mol. The van der Waals surface area contributed by atoms with Gasteiger partial charge in [0.1, 0.15) is 5.75 Å². The van der Waals surface area contributed by atoms with E-state index in [9.17, 15) is 9.59 Å². The fraction of sp³-hybridized carbons (Fsp3) is 0.0833. The molecule has 0 spiro atoms. The van der Waals surface area contributed by atoms with E-state index >= 15 is 0 Å². The zero-order valence-electron chi connectivity index (χ0n) is 17.1. The molecule has 0 radical (unpaired) electrons. The molecule has 0 aliphatic carbocycles. The predicted octanol–water partition coefficient (Wildman–Crippen LogP) is 4.40. The third-order valence-electron chi connectivity index (χ3n) is 4.69. The summed E-state index contributed by atoms with van der Waals surface area (Å²) in [5.41, 5.74) is 2.58. The first-order chi connectivity index (χ1) is 15.0. The summed E-state index contributed by atoms with van der Waals surface area (Å²) in [6, 6.07) is 23.6. The molecule has 1 amide bonds. The van der Waals surface area contributed by atoms with Crippen LogP contribution in [-0.2, 0) is 0 Å². The summed E-state index contributed by atoms with van der Waals surface area (Å²) >= 11 is 0. The van der Waals surface area contributed by atoms with Crippen molar-refractivity contribution in [3.05, 3.63) is 90.3 Å². The maximum absolute atomic E-state index is 12.9. The van der Waals surface area contributed by atoms with Gasteiger partial charge in [-0.15, -0.1) is 5.10 Å². The average molecular weight is 412 g/mol. The van der Waals surface area contributed by atoms with Crippen molar-refractivity contribution in [3.8, 4) is 22.8 Å². The summed E-state index contributed by atoms with van der Waals surface area (Å²) < 4.78 is 6.85. The first kappa shape index (κ1) is 20.0. The van der Waals surface area contributed by atoms with E-state index < -0.39 is 5.91 Å². The van der Waals surface area contributed by atoms with Crippen molar-refractivity contribution in [2.75, 3.05) is 12.4 Å². The molecule has 0 aliphatic rings. The molecule has 154 valence electrons. The van der Waals surface area contributed by atoms with Crippen LogP contribution in [0.3, 0.4) is 0 Å². The van der Waals surface area contributed by atoms with Crippen molar-refractivity contribution in [2.45, 2.75) is 6.92 Å². The third kappa shape index (κ3) is 4.35. The van der Waals surface area contributed by atoms with Crippen LogP contribution in [0.4, 0.5) is 5.69 Å². The number of nitrogens with one attached hydrogen (secondary N) is 1. The Morgan fingerprint density at radius 1 is 0.935 bits per heavy atom. The van der Waals surface area contributed by atoms with Crippen LogP contribution in [0.15, 0.2) is 78.9 Å². The average Bonchev–Trinajstić information content (AvgIpc) is 3.25. The topological polar surface area (TPSA) is 86.1 Å². The Hall–Kier alpha value is -4.26. The van der Waals surface area contributed by atoms with Gasteiger partial charge in [0.15, 0.2) is 11.6 Å². The van der Waals surface area contributed by atoms with Gasteiger partial charge in [0.2, 0.25) is 5.82 Å². The largest absolute Gasteiger partial charge is 0.497 e. The minimum atomic E-state index is -0.467. The quantitative estimate of drug-likeness (QED) is 0.475. The number of ketones is 1. The first-order valence-corrected chi connectivity index (χ1v) is 9.64. The SMILES string of the molecule is COc1ccc(-c2nc(C(=O)Nc3cccc(C(C)=O)c3)nn2-c2ccccc2)cc1. The van der Waals surface area contributed by atoms with Gasteiger partial charge in [-0.1, -0.05) is 30.3 Å². The van der Waals surface area contributed by atoms with Crippen molar-refractivity contribution in [1.29, 1.82) is 0 Å². The fourth-order valence-corrected chi connectivity index (χ4v) is 3.09. The molecule has 0 atom stereocenters. The molecule has 0 saturated carbocycles. The monoisotopic (exact) mass is 412 g/mol. The lowest BCUT2D eigenvalue weighted by Gasteiger charge is -2.06. The summed E-state index contributed by atoms with van der Waals surface area (Å²) in [4.78, 5) is 29.0. The number of amides is 1. The number of benzene rings is 3. The smallest absolute Gasteiger partial charge is 0.295 e. The van der Waals surface area contributed by atoms with Gasteiger partial charge in [-0.3, -0.25) is 9.59 Å². The Kier molecular flexibility index (Phi) is 5.57. The van der Waals surface area contributed by atoms with E-state index in [0.717, 1.165) is 17.0 Å². The van der Waals surface area contributed by atoms with Gasteiger partial charge >= 0.3 is 0 Å². The van der Waals surface area contributed by atoms with Crippen molar-refractivity contribution < 1.29 is 14.3 Å². The number of nitrogens with zero attached hydrogens (tertiary/aromatic N) is 3. The van der Waals surface area contributed by atoms with Crippen molar-refractivity contribution in [3.63, 3.8) is 0 Å². The number of Topliss-reactive ketones (excluding diaryl/α,β-unsaturated/α-hetero) is 1. The molecule has 0 bridgehead atoms. The fourth-order valence-electron chi connectivity index (χ4n) is 3.09. The third-order valence-corrected chi connectivity index (χ3v) is 4.69. The van der Waals surface area contributed by atoms with Gasteiger partial charge in [0, 0.05) is 16.8 Å². The number of methoxy groups -OCH3 is 1. The minimum Gasteiger partial charge on any atom is -0.497 e. The number of para-hydroxylation sites is 1. The Bertz CT molecular complexity index is 1230. The summed E-state index contributed by atoms with van der Waals surface area (Å²) in [5, 5.41) is 7.21. The normalized spacial score (nSPS) is 10.5. The number of carbonyl (C=O) groups excluding carboxylic acids is 2. The van der Waals surface area contributed by atoms with E-state index in [4.69, 9.17) is 4.74 Å². The Morgan fingerprint density at radius 3 is 2.35 bits per heavy atom. The molecule has 0 aliphatic heterocycles. The Morgan fingerprint density at radius 2 is 1.68 bits per heavy atom. The molecular weight excluding hydrogens is 392 g/mol. The van der Waals surface area contributed by atoms with Gasteiger partial charge in [0.05, 0.1) is 12.8 Å². The first-order valence-electron chi connectivity index (χ1n) is 9.64. The Balaban J connectivity index is 1.71. The molecule has 1 heterocycles. The maximum atomic E-state index is 12.9. The number of hydrogen-bond acceptors (Lipinski definition) is 5. The molecule has 31 heavy (non-hydrogen) atoms. The second kappa shape index (κ2) is 8.62. The van der Waals surface area contributed by atoms with Gasteiger partial charge in [0.25, 0.3) is 5.91 Å². The summed E-state index contributed by atoms with van der Waals surface area (Å²) in [6.07, 6.45) is 0. The lowest BCUT2D eigenvalue weighted by molar-refractivity contribution is 0.100. The molecule has 3 aromatic carbocycles. The van der Waals surface area contributed by atoms with E-state index in [2.05, 4.69) is 15.4 Å². The molecule has 7 heteroatoms. The van der Waals surface area contributed by atoms with E-state index in [1.807, 2.05) is 54.6 Å². The van der Waals surface area contributed by atoms with Crippen LogP contribution < -0.4 is 10.1 Å². The molecule has 7 nitrogen and oxygen atoms in total. The highest BCUT2D eigenvalue weighted by Gasteiger charge is 2.19. The van der Waals surface area contributed by atoms with Crippen LogP contribution in [0.2, 0.25) is 0 Å². The molecule has 4 rings (SSSR count). The van der Waals surface area contributed by atoms with E-state index in [1.54, 1.807) is 36.1 Å². The van der Waals surface area contributed by atoms with Gasteiger partial charge in [-0.25, -0.2) is 9.67 Å². The van der Waals surface area contributed by atoms with Crippen molar-refractivity contribution in [2.24, 2.45) is 0 Å². The Labute approximate surface area is 179 Å². The number of carbonyl (C=O) groups is 2. The molecule has 1 aromatic heterocycles. The summed E-state index contributed by atoms with van der Waals surface area (Å²) in [7, 11) is 1.60. The van der Waals surface area contributed by atoms with Crippen LogP contribution in [0.1, 0.15) is 27.9 Å². The number of aromatic nitrogens is 3. The lowest BCUT2D eigenvalue weighted by atomic mass is 10.1. The van der Waals surface area contributed by atoms with Crippen molar-refractivity contribution in [1.82, 2.24) is 14.8 Å². The molecule has 0 unspecified atom stereocenters. The molecule has 1 N–H and O–H groups in total. The zero-order valence-corrected chi connectivity index (χ0v) is 17.1. The van der Waals surface area contributed by atoms with Crippen LogP contribution in [0.5, 0.6) is 5.75 Å². The van der Waals surface area contributed by atoms with Crippen molar-refractivity contribution >= 4 is 17.4 Å². The molecule has 0 fully saturated rings. The number of anilines is 1. The summed E-state index contributed by atoms with van der Waals surface area (Å²) in [6.45, 7) is 1.48. The molecule has 0 saturated heterocycles. The standard InChI is InChI=1S/C24H20N4O3/c1-16(29)18-7-6-8-19(15-18)25-24(30)22-26-23(17-11-13-21(31-2)14-12-17)28(27-22)20-9-4-3-5-10-20/h3-15H,1-2H3,(H,25,30). The van der Waals surface area contributed by atoms with Gasteiger partial charge in [-0.2, -0.15) is 0 Å². The maximum Gasteiger partial charge on any atom is 0.295 e.